The molecule has 2 atom stereocenters. The summed E-state index contributed by atoms with van der Waals surface area (Å²) < 4.78 is 13.8. The van der Waals surface area contributed by atoms with E-state index >= 15 is 0 Å². The van der Waals surface area contributed by atoms with Crippen LogP contribution in [0.4, 0.5) is 5.69 Å². The van der Waals surface area contributed by atoms with E-state index in [1.165, 1.54) is 29.8 Å². The van der Waals surface area contributed by atoms with E-state index in [0.717, 1.165) is 28.6 Å². The molecule has 1 saturated carbocycles. The normalized spacial score (nSPS) is 19.1. The Balaban J connectivity index is 1.35. The van der Waals surface area contributed by atoms with E-state index in [9.17, 15) is 0 Å². The summed E-state index contributed by atoms with van der Waals surface area (Å²) >= 11 is 5.92. The summed E-state index contributed by atoms with van der Waals surface area (Å²) in [6.07, 6.45) is 4.35. The molecule has 188 valence electrons. The van der Waals surface area contributed by atoms with E-state index < -0.39 is 0 Å². The van der Waals surface area contributed by atoms with E-state index in [2.05, 4.69) is 52.9 Å². The van der Waals surface area contributed by atoms with Crippen molar-refractivity contribution in [2.75, 3.05) is 12.0 Å². The van der Waals surface area contributed by atoms with Crippen molar-refractivity contribution < 1.29 is 9.47 Å². The molecule has 4 aromatic rings. The number of ether oxygens (including phenoxy) is 2. The van der Waals surface area contributed by atoms with Crippen molar-refractivity contribution >= 4 is 23.0 Å². The van der Waals surface area contributed by atoms with Gasteiger partial charge < -0.3 is 24.3 Å². The molecule has 1 aliphatic heterocycles. The molecule has 0 unspecified atom stereocenters. The lowest BCUT2D eigenvalue weighted by Gasteiger charge is -2.28. The Morgan fingerprint density at radius 1 is 0.919 bits per heavy atom. The molecule has 2 aromatic carbocycles. The first kappa shape index (κ1) is 23.6. The summed E-state index contributed by atoms with van der Waals surface area (Å²) in [4.78, 5) is 6.92. The van der Waals surface area contributed by atoms with Crippen molar-refractivity contribution in [1.29, 1.82) is 0 Å². The van der Waals surface area contributed by atoms with E-state index in [4.69, 9.17) is 26.7 Å². The fourth-order valence-corrected chi connectivity index (χ4v) is 5.75. The number of hydrogen-bond donors (Lipinski definition) is 1. The predicted molar refractivity (Wildman–Crippen MR) is 150 cm³/mol. The van der Waals surface area contributed by atoms with Gasteiger partial charge in [-0.2, -0.15) is 0 Å². The molecule has 2 aromatic heterocycles. The summed E-state index contributed by atoms with van der Waals surface area (Å²) in [5.41, 5.74) is 5.89. The van der Waals surface area contributed by atoms with Crippen molar-refractivity contribution in [2.24, 2.45) is 0 Å². The third-order valence-electron chi connectivity index (χ3n) is 7.26. The predicted octanol–water partition coefficient (Wildman–Crippen LogP) is 6.81. The molecule has 0 bridgehead atoms. The second-order valence-electron chi connectivity index (χ2n) is 9.70. The van der Waals surface area contributed by atoms with Gasteiger partial charge in [0.05, 0.1) is 24.9 Å². The number of nitrogens with zero attached hydrogens (tertiary/aromatic N) is 3. The lowest BCUT2D eigenvalue weighted by atomic mass is 9.96. The summed E-state index contributed by atoms with van der Waals surface area (Å²) in [7, 11) is 1.65. The van der Waals surface area contributed by atoms with E-state index in [-0.39, 0.29) is 12.1 Å². The highest BCUT2D eigenvalue weighted by Crippen LogP contribution is 2.46. The van der Waals surface area contributed by atoms with Crippen LogP contribution in [0.5, 0.6) is 17.2 Å². The van der Waals surface area contributed by atoms with Gasteiger partial charge in [0.2, 0.25) is 0 Å². The minimum Gasteiger partial charge on any atom is -0.497 e. The third-order valence-corrected chi connectivity index (χ3v) is 7.58. The molecule has 6 nitrogen and oxygen atoms in total. The lowest BCUT2D eigenvalue weighted by Crippen LogP contribution is -2.29. The third kappa shape index (κ3) is 4.44. The molecule has 2 aliphatic rings. The van der Waals surface area contributed by atoms with E-state index in [1.54, 1.807) is 7.11 Å². The van der Waals surface area contributed by atoms with E-state index in [1.807, 2.05) is 54.7 Å². The summed E-state index contributed by atoms with van der Waals surface area (Å²) in [5, 5.41) is 4.27. The zero-order valence-corrected chi connectivity index (χ0v) is 22.0. The van der Waals surface area contributed by atoms with Gasteiger partial charge in [-0.1, -0.05) is 6.07 Å². The molecule has 0 amide bonds. The van der Waals surface area contributed by atoms with Gasteiger partial charge in [-0.05, 0) is 111 Å². The zero-order chi connectivity index (χ0) is 25.5. The SMILES string of the molecule is COc1ccc(Oc2ccc(N3C(=S)N[C@@H](c4ccccn4)[C@@H]3c3cc(C)n(C4CC4)c3C)cc2)cc1. The van der Waals surface area contributed by atoms with Crippen molar-refractivity contribution in [3.63, 3.8) is 0 Å². The molecule has 7 heteroatoms. The number of pyridine rings is 1. The van der Waals surface area contributed by atoms with Gasteiger partial charge in [0, 0.05) is 29.3 Å². The molecule has 37 heavy (non-hydrogen) atoms. The molecule has 0 radical (unpaired) electrons. The van der Waals surface area contributed by atoms with Crippen LogP contribution in [0.2, 0.25) is 0 Å². The van der Waals surface area contributed by atoms with Crippen LogP contribution in [0.15, 0.2) is 79.0 Å². The highest BCUT2D eigenvalue weighted by atomic mass is 32.1. The highest BCUT2D eigenvalue weighted by Gasteiger charge is 2.43. The highest BCUT2D eigenvalue weighted by molar-refractivity contribution is 7.80. The average molecular weight is 511 g/mol. The van der Waals surface area contributed by atoms with Crippen molar-refractivity contribution in [3.8, 4) is 17.2 Å². The van der Waals surface area contributed by atoms with Crippen molar-refractivity contribution in [1.82, 2.24) is 14.9 Å². The first-order chi connectivity index (χ1) is 18.0. The van der Waals surface area contributed by atoms with Gasteiger partial charge >= 0.3 is 0 Å². The monoisotopic (exact) mass is 510 g/mol. The van der Waals surface area contributed by atoms with Crippen LogP contribution in [0.3, 0.4) is 0 Å². The van der Waals surface area contributed by atoms with Gasteiger partial charge in [0.15, 0.2) is 5.11 Å². The van der Waals surface area contributed by atoms with Crippen LogP contribution in [0, 0.1) is 13.8 Å². The number of aromatic nitrogens is 2. The maximum Gasteiger partial charge on any atom is 0.174 e. The molecular weight excluding hydrogens is 480 g/mol. The number of thiocarbonyl (C=S) groups is 1. The van der Waals surface area contributed by atoms with Gasteiger partial charge in [-0.3, -0.25) is 4.98 Å². The Labute approximate surface area is 222 Å². The smallest absolute Gasteiger partial charge is 0.174 e. The molecule has 1 aliphatic carbocycles. The molecule has 6 rings (SSSR count). The number of hydrogen-bond acceptors (Lipinski definition) is 4. The minimum atomic E-state index is -0.0583. The quantitative estimate of drug-likeness (QED) is 0.276. The number of nitrogens with one attached hydrogen (secondary N) is 1. The summed E-state index contributed by atoms with van der Waals surface area (Å²) in [6.45, 7) is 4.45. The number of methoxy groups -OCH3 is 1. The number of rotatable bonds is 7. The molecular formula is C30H30N4O2S. The lowest BCUT2D eigenvalue weighted by molar-refractivity contribution is 0.413. The topological polar surface area (TPSA) is 51.6 Å². The van der Waals surface area contributed by atoms with Gasteiger partial charge in [0.25, 0.3) is 0 Å². The van der Waals surface area contributed by atoms with E-state index in [0.29, 0.717) is 11.2 Å². The second kappa shape index (κ2) is 9.56. The standard InChI is InChI=1S/C30H30N4O2S/c1-19-18-26(20(2)33(19)21-7-8-21)29-28(27-6-4-5-17-31-27)32-30(37)34(29)22-9-11-24(12-10-22)36-25-15-13-23(35-3)14-16-25/h4-6,9-18,21,28-29H,7-8H2,1-3H3,(H,32,37)/t28-,29-/m0/s1. The largest absolute Gasteiger partial charge is 0.497 e. The number of benzene rings is 2. The van der Waals surface area contributed by atoms with Gasteiger partial charge in [-0.25, -0.2) is 0 Å². The van der Waals surface area contributed by atoms with Crippen LogP contribution in [0.1, 0.15) is 53.6 Å². The average Bonchev–Trinajstić information content (AvgIpc) is 3.63. The van der Waals surface area contributed by atoms with Crippen molar-refractivity contribution in [3.05, 3.63) is 102 Å². The molecule has 0 spiro atoms. The fraction of sp³-hybridized carbons (Fsp3) is 0.267. The Morgan fingerprint density at radius 3 is 2.22 bits per heavy atom. The maximum absolute atomic E-state index is 6.06. The van der Waals surface area contributed by atoms with Gasteiger partial charge in [0.1, 0.15) is 17.2 Å². The Hall–Kier alpha value is -3.84. The van der Waals surface area contributed by atoms with Crippen molar-refractivity contribution in [2.45, 2.75) is 44.8 Å². The second-order valence-corrected chi connectivity index (χ2v) is 10.1. The maximum atomic E-state index is 6.06. The van der Waals surface area contributed by atoms with Crippen LogP contribution < -0.4 is 19.7 Å². The number of aryl methyl sites for hydroxylation is 1. The Morgan fingerprint density at radius 2 is 1.59 bits per heavy atom. The fourth-order valence-electron chi connectivity index (χ4n) is 5.40. The molecule has 1 saturated heterocycles. The van der Waals surface area contributed by atoms with Crippen LogP contribution in [0.25, 0.3) is 0 Å². The minimum absolute atomic E-state index is 0.0190. The Kier molecular flexibility index (Phi) is 6.08. The molecule has 3 heterocycles. The molecule has 2 fully saturated rings. The first-order valence-electron chi connectivity index (χ1n) is 12.6. The summed E-state index contributed by atoms with van der Waals surface area (Å²) in [5.74, 6) is 2.32. The Bertz CT molecular complexity index is 1410. The summed E-state index contributed by atoms with van der Waals surface area (Å²) in [6, 6.07) is 24.6. The van der Waals surface area contributed by atoms with Crippen LogP contribution in [-0.2, 0) is 0 Å². The van der Waals surface area contributed by atoms with Gasteiger partial charge in [-0.15, -0.1) is 0 Å². The van der Waals surface area contributed by atoms with Crippen LogP contribution >= 0.6 is 12.2 Å². The van der Waals surface area contributed by atoms with Crippen LogP contribution in [-0.4, -0.2) is 21.8 Å². The number of anilines is 1. The first-order valence-corrected chi connectivity index (χ1v) is 13.1. The molecule has 1 N–H and O–H groups in total. The zero-order valence-electron chi connectivity index (χ0n) is 21.2.